The number of hydrogen-bond acceptors (Lipinski definition) is 8. The van der Waals surface area contributed by atoms with E-state index in [9.17, 15) is 19.2 Å². The van der Waals surface area contributed by atoms with Crippen molar-refractivity contribution in [1.29, 1.82) is 0 Å². The monoisotopic (exact) mass is 745 g/mol. The third-order valence-electron chi connectivity index (χ3n) is 9.37. The zero-order chi connectivity index (χ0) is 37.6. The third kappa shape index (κ3) is 36.3. The Kier molecular flexibility index (Phi) is 36.6. The summed E-state index contributed by atoms with van der Waals surface area (Å²) in [6.45, 7) is 5.87. The first-order chi connectivity index (χ1) is 24.8. The quantitative estimate of drug-likeness (QED) is 0.0266. The lowest BCUT2D eigenvalue weighted by atomic mass is 10.0. The van der Waals surface area contributed by atoms with Crippen LogP contribution in [0.25, 0.3) is 0 Å². The summed E-state index contributed by atoms with van der Waals surface area (Å²) in [7, 11) is 0. The first-order valence-corrected chi connectivity index (χ1v) is 21.6. The third-order valence-corrected chi connectivity index (χ3v) is 9.48. The molecule has 0 aliphatic heterocycles. The molecule has 0 spiro atoms. The molecule has 8 nitrogen and oxygen atoms in total. The molecule has 0 bridgehead atoms. The summed E-state index contributed by atoms with van der Waals surface area (Å²) in [5.74, 6) is -2.09. The van der Waals surface area contributed by atoms with Gasteiger partial charge in [0.05, 0.1) is 0 Å². The van der Waals surface area contributed by atoms with Gasteiger partial charge in [-0.05, 0) is 18.8 Å². The van der Waals surface area contributed by atoms with Crippen LogP contribution in [-0.4, -0.2) is 49.3 Å². The van der Waals surface area contributed by atoms with E-state index in [-0.39, 0.29) is 50.0 Å². The van der Waals surface area contributed by atoms with Gasteiger partial charge in [0.1, 0.15) is 13.2 Å². The van der Waals surface area contributed by atoms with E-state index in [0.29, 0.717) is 12.8 Å². The predicted molar refractivity (Wildman–Crippen MR) is 208 cm³/mol. The molecule has 9 heteroatoms. The molecule has 1 atom stereocenters. The van der Waals surface area contributed by atoms with Crippen molar-refractivity contribution < 1.29 is 38.1 Å². The van der Waals surface area contributed by atoms with E-state index in [1.807, 2.05) is 0 Å². The number of esters is 4. The lowest BCUT2D eigenvalue weighted by Crippen LogP contribution is -2.31. The maximum Gasteiger partial charge on any atom is 0.307 e. The highest BCUT2D eigenvalue weighted by Crippen LogP contribution is 2.16. The van der Waals surface area contributed by atoms with Crippen LogP contribution in [0.3, 0.4) is 0 Å². The van der Waals surface area contributed by atoms with Crippen molar-refractivity contribution in [3.8, 4) is 0 Å². The number of rotatable bonds is 38. The van der Waals surface area contributed by atoms with Gasteiger partial charge in [0.15, 0.2) is 12.2 Å². The molecule has 0 aromatic heterocycles. The molecule has 1 unspecified atom stereocenters. The number of halogens is 1. The van der Waals surface area contributed by atoms with Gasteiger partial charge in [-0.15, -0.1) is 0 Å². The van der Waals surface area contributed by atoms with Crippen molar-refractivity contribution in [2.45, 2.75) is 219 Å². The van der Waals surface area contributed by atoms with Crippen molar-refractivity contribution in [2.24, 2.45) is 5.92 Å². The van der Waals surface area contributed by atoms with Crippen molar-refractivity contribution >= 4 is 35.5 Å². The average Bonchev–Trinajstić information content (AvgIpc) is 3.10. The Hall–Kier alpha value is -1.83. The Morgan fingerprint density at radius 2 is 0.745 bits per heavy atom. The van der Waals surface area contributed by atoms with Gasteiger partial charge >= 0.3 is 23.9 Å². The zero-order valence-electron chi connectivity index (χ0n) is 33.1. The molecule has 0 saturated carbocycles. The minimum Gasteiger partial charge on any atom is -0.462 e. The van der Waals surface area contributed by atoms with E-state index in [4.69, 9.17) is 30.5 Å². The summed E-state index contributed by atoms with van der Waals surface area (Å²) in [6, 6.07) is -0.243. The van der Waals surface area contributed by atoms with Crippen LogP contribution in [0.2, 0.25) is 0 Å². The second kappa shape index (κ2) is 37.9. The van der Waals surface area contributed by atoms with Gasteiger partial charge in [-0.3, -0.25) is 19.2 Å². The van der Waals surface area contributed by atoms with Crippen LogP contribution in [-0.2, 0) is 38.1 Å². The number of hydrogen-bond donors (Lipinski definition) is 0. The van der Waals surface area contributed by atoms with E-state index in [1.165, 1.54) is 128 Å². The van der Waals surface area contributed by atoms with Gasteiger partial charge in [0.2, 0.25) is 0 Å². The van der Waals surface area contributed by atoms with E-state index >= 15 is 0 Å². The summed E-state index contributed by atoms with van der Waals surface area (Å²) in [5.41, 5.74) is 0. The lowest BCUT2D eigenvalue weighted by Gasteiger charge is -2.19. The standard InChI is InChI=1S/C42H77ClO8/c1-4-6-8-10-12-14-16-18-20-22-24-26-28-30-39(44)48-34-38(51-42(47)33-37(3)32-41(46)50-36-43)35-49-40(45)31-29-27-25-23-21-19-17-15-13-11-9-7-5-2/h37-38H,4-36H2,1-3H3. The number of carbonyl (C=O) groups excluding carboxylic acids is 4. The molecule has 0 heterocycles. The maximum absolute atomic E-state index is 12.6. The fourth-order valence-corrected chi connectivity index (χ4v) is 6.32. The molecule has 0 amide bonds. The van der Waals surface area contributed by atoms with Gasteiger partial charge in [-0.2, -0.15) is 0 Å². The largest absolute Gasteiger partial charge is 0.462 e. The van der Waals surface area contributed by atoms with Gasteiger partial charge < -0.3 is 18.9 Å². The van der Waals surface area contributed by atoms with E-state index in [2.05, 4.69) is 13.8 Å². The first-order valence-electron chi connectivity index (χ1n) is 21.0. The number of ether oxygens (including phenoxy) is 4. The Morgan fingerprint density at radius 3 is 1.08 bits per heavy atom. The molecule has 0 aromatic rings. The van der Waals surface area contributed by atoms with Crippen LogP contribution < -0.4 is 0 Å². The molecule has 0 saturated heterocycles. The summed E-state index contributed by atoms with van der Waals surface area (Å²) < 4.78 is 21.1. The predicted octanol–water partition coefficient (Wildman–Crippen LogP) is 12.1. The van der Waals surface area contributed by atoms with Crippen molar-refractivity contribution in [2.75, 3.05) is 19.3 Å². The summed E-state index contributed by atoms with van der Waals surface area (Å²) in [6.07, 6.45) is 31.6. The zero-order valence-corrected chi connectivity index (χ0v) is 33.9. The molecule has 0 aliphatic rings. The van der Waals surface area contributed by atoms with Crippen molar-refractivity contribution in [3.63, 3.8) is 0 Å². The highest BCUT2D eigenvalue weighted by molar-refractivity contribution is 6.17. The second-order valence-corrected chi connectivity index (χ2v) is 14.8. The highest BCUT2D eigenvalue weighted by atomic mass is 35.5. The number of alkyl halides is 1. The molecule has 0 N–H and O–H groups in total. The Balaban J connectivity index is 4.34. The number of carbonyl (C=O) groups is 4. The maximum atomic E-state index is 12.6. The highest BCUT2D eigenvalue weighted by Gasteiger charge is 2.22. The van der Waals surface area contributed by atoms with Crippen LogP contribution in [0.1, 0.15) is 213 Å². The van der Waals surface area contributed by atoms with Crippen LogP contribution >= 0.6 is 11.6 Å². The molecule has 51 heavy (non-hydrogen) atoms. The summed E-state index contributed by atoms with van der Waals surface area (Å²) >= 11 is 5.44. The van der Waals surface area contributed by atoms with Crippen LogP contribution in [0, 0.1) is 5.92 Å². The summed E-state index contributed by atoms with van der Waals surface area (Å²) in [5, 5.41) is 0. The molecular weight excluding hydrogens is 668 g/mol. The molecule has 0 aromatic carbocycles. The fraction of sp³-hybridized carbons (Fsp3) is 0.905. The Bertz CT molecular complexity index is 790. The fourth-order valence-electron chi connectivity index (χ4n) is 6.20. The molecule has 300 valence electrons. The molecule has 0 aliphatic carbocycles. The molecule has 0 fully saturated rings. The van der Waals surface area contributed by atoms with Gasteiger partial charge in [0.25, 0.3) is 0 Å². The molecule has 0 radical (unpaired) electrons. The smallest absolute Gasteiger partial charge is 0.307 e. The Morgan fingerprint density at radius 1 is 0.431 bits per heavy atom. The molecular formula is C42H77ClO8. The van der Waals surface area contributed by atoms with Crippen LogP contribution in [0.15, 0.2) is 0 Å². The van der Waals surface area contributed by atoms with Crippen LogP contribution in [0.5, 0.6) is 0 Å². The van der Waals surface area contributed by atoms with E-state index < -0.39 is 18.0 Å². The minimum atomic E-state index is -0.911. The Labute approximate surface area is 317 Å². The SMILES string of the molecule is CCCCCCCCCCCCCCCC(=O)OCC(COC(=O)CCCCCCCCCCCCCCC)OC(=O)CC(C)CC(=O)OCCl. The first kappa shape index (κ1) is 49.2. The van der Waals surface area contributed by atoms with Gasteiger partial charge in [-0.25, -0.2) is 0 Å². The number of unbranched alkanes of at least 4 members (excludes halogenated alkanes) is 24. The lowest BCUT2D eigenvalue weighted by molar-refractivity contribution is -0.167. The second-order valence-electron chi connectivity index (χ2n) is 14.6. The molecule has 0 rings (SSSR count). The van der Waals surface area contributed by atoms with Crippen molar-refractivity contribution in [3.05, 3.63) is 0 Å². The topological polar surface area (TPSA) is 105 Å². The van der Waals surface area contributed by atoms with Gasteiger partial charge in [0, 0.05) is 25.7 Å². The normalized spacial score (nSPS) is 11.8. The van der Waals surface area contributed by atoms with Crippen molar-refractivity contribution in [1.82, 2.24) is 0 Å². The average molecular weight is 746 g/mol. The van der Waals surface area contributed by atoms with Gasteiger partial charge in [-0.1, -0.05) is 186 Å². The minimum absolute atomic E-state index is 0.0225. The van der Waals surface area contributed by atoms with E-state index in [0.717, 1.165) is 38.5 Å². The van der Waals surface area contributed by atoms with E-state index in [1.54, 1.807) is 6.92 Å². The van der Waals surface area contributed by atoms with Crippen LogP contribution in [0.4, 0.5) is 0 Å². The summed E-state index contributed by atoms with van der Waals surface area (Å²) in [4.78, 5) is 49.2.